The van der Waals surface area contributed by atoms with Gasteiger partial charge in [-0.25, -0.2) is 0 Å². The van der Waals surface area contributed by atoms with Crippen molar-refractivity contribution in [2.24, 2.45) is 17.3 Å². The Kier molecular flexibility index (Phi) is 2.50. The summed E-state index contributed by atoms with van der Waals surface area (Å²) in [6, 6.07) is 7.97. The SMILES string of the molecule is COc1ccc(C2(O)C3CCC(C3)C2(C)C)cc1. The van der Waals surface area contributed by atoms with Gasteiger partial charge < -0.3 is 9.84 Å². The van der Waals surface area contributed by atoms with Gasteiger partial charge in [-0.15, -0.1) is 0 Å². The molecule has 0 amide bonds. The lowest BCUT2D eigenvalue weighted by Crippen LogP contribution is -2.46. The Labute approximate surface area is 109 Å². The third kappa shape index (κ3) is 1.33. The molecular formula is C16H22O2. The molecule has 18 heavy (non-hydrogen) atoms. The van der Waals surface area contributed by atoms with Crippen LogP contribution in [0.15, 0.2) is 24.3 Å². The van der Waals surface area contributed by atoms with Crippen molar-refractivity contribution in [2.45, 2.75) is 38.7 Å². The van der Waals surface area contributed by atoms with Crippen molar-refractivity contribution in [3.05, 3.63) is 29.8 Å². The number of aliphatic hydroxyl groups is 1. The molecule has 2 aliphatic rings. The van der Waals surface area contributed by atoms with Crippen LogP contribution in [0.2, 0.25) is 0 Å². The average Bonchev–Trinajstić information content (AvgIpc) is 2.93. The van der Waals surface area contributed by atoms with Crippen molar-refractivity contribution in [2.75, 3.05) is 7.11 Å². The molecule has 0 spiro atoms. The molecule has 0 radical (unpaired) electrons. The highest BCUT2D eigenvalue weighted by molar-refractivity contribution is 5.35. The summed E-state index contributed by atoms with van der Waals surface area (Å²) in [6.07, 6.45) is 3.61. The van der Waals surface area contributed by atoms with Crippen molar-refractivity contribution in [1.82, 2.24) is 0 Å². The summed E-state index contributed by atoms with van der Waals surface area (Å²) < 4.78 is 5.20. The molecule has 1 N–H and O–H groups in total. The van der Waals surface area contributed by atoms with Gasteiger partial charge >= 0.3 is 0 Å². The highest BCUT2D eigenvalue weighted by atomic mass is 16.5. The minimum atomic E-state index is -0.664. The van der Waals surface area contributed by atoms with E-state index in [1.807, 2.05) is 24.3 Å². The Morgan fingerprint density at radius 3 is 2.22 bits per heavy atom. The Bertz CT molecular complexity index is 449. The van der Waals surface area contributed by atoms with Gasteiger partial charge in [-0.2, -0.15) is 0 Å². The molecule has 1 aromatic carbocycles. The predicted octanol–water partition coefficient (Wildman–Crippen LogP) is 3.34. The summed E-state index contributed by atoms with van der Waals surface area (Å²) in [7, 11) is 1.67. The molecular weight excluding hydrogens is 224 g/mol. The van der Waals surface area contributed by atoms with Crippen LogP contribution in [-0.2, 0) is 5.60 Å². The van der Waals surface area contributed by atoms with E-state index < -0.39 is 5.60 Å². The fourth-order valence-electron chi connectivity index (χ4n) is 4.31. The van der Waals surface area contributed by atoms with E-state index in [4.69, 9.17) is 4.74 Å². The van der Waals surface area contributed by atoms with Gasteiger partial charge in [0.1, 0.15) is 5.75 Å². The van der Waals surface area contributed by atoms with Crippen molar-refractivity contribution in [3.63, 3.8) is 0 Å². The van der Waals surface area contributed by atoms with Crippen molar-refractivity contribution >= 4 is 0 Å². The minimum Gasteiger partial charge on any atom is -0.497 e. The number of rotatable bonds is 2. The summed E-state index contributed by atoms with van der Waals surface area (Å²) in [5, 5.41) is 11.3. The number of methoxy groups -OCH3 is 1. The summed E-state index contributed by atoms with van der Waals surface area (Å²) in [4.78, 5) is 0. The second-order valence-corrected chi connectivity index (χ2v) is 6.42. The third-order valence-corrected chi connectivity index (χ3v) is 5.56. The number of ether oxygens (including phenoxy) is 1. The van der Waals surface area contributed by atoms with Gasteiger partial charge in [-0.1, -0.05) is 26.0 Å². The molecule has 2 heteroatoms. The Balaban J connectivity index is 2.03. The zero-order valence-electron chi connectivity index (χ0n) is 11.4. The smallest absolute Gasteiger partial charge is 0.118 e. The zero-order valence-corrected chi connectivity index (χ0v) is 11.4. The molecule has 2 bridgehead atoms. The zero-order chi connectivity index (χ0) is 13.0. The summed E-state index contributed by atoms with van der Waals surface area (Å²) in [5.41, 5.74) is 0.368. The van der Waals surface area contributed by atoms with Crippen LogP contribution in [0, 0.1) is 17.3 Å². The summed E-state index contributed by atoms with van der Waals surface area (Å²) in [6.45, 7) is 4.45. The molecule has 0 heterocycles. The van der Waals surface area contributed by atoms with E-state index >= 15 is 0 Å². The molecule has 1 aromatic rings. The van der Waals surface area contributed by atoms with Crippen LogP contribution in [0.3, 0.4) is 0 Å². The molecule has 0 aliphatic heterocycles. The van der Waals surface area contributed by atoms with E-state index in [0.29, 0.717) is 11.8 Å². The van der Waals surface area contributed by atoms with E-state index in [-0.39, 0.29) is 5.41 Å². The molecule has 2 aliphatic carbocycles. The topological polar surface area (TPSA) is 29.5 Å². The molecule has 0 aromatic heterocycles. The maximum atomic E-state index is 11.3. The lowest BCUT2D eigenvalue weighted by Gasteiger charge is -2.46. The second kappa shape index (κ2) is 3.74. The second-order valence-electron chi connectivity index (χ2n) is 6.42. The van der Waals surface area contributed by atoms with Crippen LogP contribution in [0.1, 0.15) is 38.7 Å². The first kappa shape index (κ1) is 12.0. The summed E-state index contributed by atoms with van der Waals surface area (Å²) >= 11 is 0. The fourth-order valence-corrected chi connectivity index (χ4v) is 4.31. The van der Waals surface area contributed by atoms with Gasteiger partial charge in [-0.3, -0.25) is 0 Å². The lowest BCUT2D eigenvalue weighted by atomic mass is 9.62. The van der Waals surface area contributed by atoms with Crippen LogP contribution >= 0.6 is 0 Å². The number of benzene rings is 1. The third-order valence-electron chi connectivity index (χ3n) is 5.56. The first-order valence-corrected chi connectivity index (χ1v) is 6.87. The maximum Gasteiger partial charge on any atom is 0.118 e. The molecule has 3 rings (SSSR count). The van der Waals surface area contributed by atoms with Gasteiger partial charge in [-0.05, 0) is 48.8 Å². The minimum absolute atomic E-state index is 0.0233. The maximum absolute atomic E-state index is 11.3. The van der Waals surface area contributed by atoms with E-state index in [1.165, 1.54) is 12.8 Å². The molecule has 3 unspecified atom stereocenters. The Hall–Kier alpha value is -1.02. The van der Waals surface area contributed by atoms with Gasteiger partial charge in [0, 0.05) is 5.41 Å². The molecule has 2 saturated carbocycles. The number of hydrogen-bond donors (Lipinski definition) is 1. The molecule has 2 nitrogen and oxygen atoms in total. The van der Waals surface area contributed by atoms with Crippen molar-refractivity contribution in [1.29, 1.82) is 0 Å². The quantitative estimate of drug-likeness (QED) is 0.867. The average molecular weight is 246 g/mol. The van der Waals surface area contributed by atoms with E-state index in [1.54, 1.807) is 7.11 Å². The fraction of sp³-hybridized carbons (Fsp3) is 0.625. The van der Waals surface area contributed by atoms with Crippen molar-refractivity contribution < 1.29 is 9.84 Å². The molecule has 0 saturated heterocycles. The molecule has 2 fully saturated rings. The first-order valence-electron chi connectivity index (χ1n) is 6.87. The van der Waals surface area contributed by atoms with Crippen LogP contribution < -0.4 is 4.74 Å². The standard InChI is InChI=1S/C16H22O2/c1-15(2)12-4-5-13(10-12)16(15,17)11-6-8-14(18-3)9-7-11/h6-9,12-13,17H,4-5,10H2,1-3H3. The molecule has 3 atom stereocenters. The number of hydrogen-bond acceptors (Lipinski definition) is 2. The predicted molar refractivity (Wildman–Crippen MR) is 71.5 cm³/mol. The van der Waals surface area contributed by atoms with E-state index in [0.717, 1.165) is 17.7 Å². The van der Waals surface area contributed by atoms with Gasteiger partial charge in [0.25, 0.3) is 0 Å². The largest absolute Gasteiger partial charge is 0.497 e. The highest BCUT2D eigenvalue weighted by Crippen LogP contribution is 2.65. The van der Waals surface area contributed by atoms with Crippen LogP contribution in [0.5, 0.6) is 5.75 Å². The van der Waals surface area contributed by atoms with Crippen molar-refractivity contribution in [3.8, 4) is 5.75 Å². The van der Waals surface area contributed by atoms with Crippen LogP contribution in [0.25, 0.3) is 0 Å². The van der Waals surface area contributed by atoms with Crippen LogP contribution in [-0.4, -0.2) is 12.2 Å². The first-order chi connectivity index (χ1) is 8.50. The van der Waals surface area contributed by atoms with E-state index in [2.05, 4.69) is 13.8 Å². The van der Waals surface area contributed by atoms with Crippen LogP contribution in [0.4, 0.5) is 0 Å². The Morgan fingerprint density at radius 1 is 1.11 bits per heavy atom. The Morgan fingerprint density at radius 2 is 1.72 bits per heavy atom. The van der Waals surface area contributed by atoms with E-state index in [9.17, 15) is 5.11 Å². The highest BCUT2D eigenvalue weighted by Gasteiger charge is 2.62. The molecule has 98 valence electrons. The normalized spacial score (nSPS) is 36.9. The lowest BCUT2D eigenvalue weighted by molar-refractivity contribution is -0.113. The number of fused-ring (bicyclic) bond motifs is 2. The van der Waals surface area contributed by atoms with Gasteiger partial charge in [0.2, 0.25) is 0 Å². The van der Waals surface area contributed by atoms with Gasteiger partial charge in [0.05, 0.1) is 12.7 Å². The monoisotopic (exact) mass is 246 g/mol. The summed E-state index contributed by atoms with van der Waals surface area (Å²) in [5.74, 6) is 1.93. The van der Waals surface area contributed by atoms with Gasteiger partial charge in [0.15, 0.2) is 0 Å².